The topological polar surface area (TPSA) is 96.5 Å². The third-order valence-electron chi connectivity index (χ3n) is 6.65. The second kappa shape index (κ2) is 12.8. The average molecular weight is 624 g/mol. The molecule has 0 spiro atoms. The number of ether oxygens (including phenoxy) is 1. The van der Waals surface area contributed by atoms with Gasteiger partial charge in [0.25, 0.3) is 18.2 Å². The summed E-state index contributed by atoms with van der Waals surface area (Å²) in [6.07, 6.45) is -5.66. The van der Waals surface area contributed by atoms with Gasteiger partial charge in [0.15, 0.2) is 0 Å². The van der Waals surface area contributed by atoms with Crippen molar-refractivity contribution in [3.63, 3.8) is 0 Å². The van der Waals surface area contributed by atoms with Crippen LogP contribution in [0.3, 0.4) is 0 Å². The molecule has 1 unspecified atom stereocenters. The van der Waals surface area contributed by atoms with Gasteiger partial charge in [0, 0.05) is 18.3 Å². The van der Waals surface area contributed by atoms with Crippen molar-refractivity contribution in [2.45, 2.75) is 58.8 Å². The molecule has 1 aliphatic carbocycles. The Hall–Kier alpha value is -3.12. The lowest BCUT2D eigenvalue weighted by molar-refractivity contribution is -0.211. The van der Waals surface area contributed by atoms with E-state index in [1.54, 1.807) is 0 Å². The van der Waals surface area contributed by atoms with Gasteiger partial charge in [-0.05, 0) is 69.4 Å². The van der Waals surface area contributed by atoms with E-state index in [0.717, 1.165) is 26.7 Å². The highest BCUT2D eigenvalue weighted by molar-refractivity contribution is 6.40. The molecule has 14 heteroatoms. The van der Waals surface area contributed by atoms with E-state index in [9.17, 15) is 36.3 Å². The van der Waals surface area contributed by atoms with Crippen LogP contribution in [0.4, 0.5) is 27.6 Å². The first-order chi connectivity index (χ1) is 19.0. The highest BCUT2D eigenvalue weighted by Crippen LogP contribution is 2.38. The van der Waals surface area contributed by atoms with E-state index in [-0.39, 0.29) is 44.2 Å². The second-order valence-corrected chi connectivity index (χ2v) is 11.0. The van der Waals surface area contributed by atoms with Crippen molar-refractivity contribution in [2.75, 3.05) is 11.9 Å². The number of nitrogens with one attached hydrogen (secondary N) is 3. The number of alkyl halides is 5. The van der Waals surface area contributed by atoms with Gasteiger partial charge in [0.2, 0.25) is 5.91 Å². The molecule has 0 saturated heterocycles. The third kappa shape index (κ3) is 8.00. The van der Waals surface area contributed by atoms with Crippen LogP contribution in [0, 0.1) is 11.3 Å². The largest absolute Gasteiger partial charge is 0.487 e. The Kier molecular flexibility index (Phi) is 10.1. The Morgan fingerprint density at radius 3 is 2.29 bits per heavy atom. The standard InChI is InChI=1S/C27H28Cl2F5N3O4/c1-13(14-4-5-14)36-23(38)17-10-16(7-9-19(17)41-12-20(30)31)37-24(39)21-18(28)8-6-15(22(21)29)11-35-25(40)26(2,3)27(32,33)34/h6-10,13-14,20H,4-5,11-12H2,1-3H3,(H,35,40)(H,36,38)(H,37,39). The van der Waals surface area contributed by atoms with Crippen LogP contribution in [0.25, 0.3) is 0 Å². The van der Waals surface area contributed by atoms with Gasteiger partial charge in [-0.3, -0.25) is 14.4 Å². The predicted molar refractivity (Wildman–Crippen MR) is 144 cm³/mol. The Morgan fingerprint density at radius 1 is 1.05 bits per heavy atom. The fourth-order valence-corrected chi connectivity index (χ4v) is 4.33. The highest BCUT2D eigenvalue weighted by atomic mass is 35.5. The maximum Gasteiger partial charge on any atom is 0.402 e. The van der Waals surface area contributed by atoms with Crippen LogP contribution >= 0.6 is 23.2 Å². The van der Waals surface area contributed by atoms with Gasteiger partial charge in [-0.1, -0.05) is 29.3 Å². The molecule has 3 amide bonds. The molecule has 224 valence electrons. The van der Waals surface area contributed by atoms with Crippen LogP contribution in [-0.2, 0) is 11.3 Å². The lowest BCUT2D eigenvalue weighted by Crippen LogP contribution is -2.46. The molecule has 0 heterocycles. The number of anilines is 1. The molecule has 1 fully saturated rings. The number of benzene rings is 2. The van der Waals surface area contributed by atoms with Crippen molar-refractivity contribution in [1.29, 1.82) is 0 Å². The van der Waals surface area contributed by atoms with Crippen LogP contribution in [0.5, 0.6) is 5.75 Å². The van der Waals surface area contributed by atoms with Gasteiger partial charge >= 0.3 is 6.18 Å². The van der Waals surface area contributed by atoms with Crippen molar-refractivity contribution in [3.05, 3.63) is 57.1 Å². The van der Waals surface area contributed by atoms with Gasteiger partial charge < -0.3 is 20.7 Å². The molecule has 0 bridgehead atoms. The smallest absolute Gasteiger partial charge is 0.402 e. The van der Waals surface area contributed by atoms with E-state index in [1.807, 2.05) is 6.92 Å². The molecular formula is C27H28Cl2F5N3O4. The summed E-state index contributed by atoms with van der Waals surface area (Å²) < 4.78 is 70.1. The molecule has 0 aromatic heterocycles. The number of rotatable bonds is 11. The third-order valence-corrected chi connectivity index (χ3v) is 7.40. The predicted octanol–water partition coefficient (Wildman–Crippen LogP) is 6.62. The number of halogens is 7. The van der Waals surface area contributed by atoms with Gasteiger partial charge in [-0.15, -0.1) is 0 Å². The van der Waals surface area contributed by atoms with Gasteiger partial charge in [-0.25, -0.2) is 8.78 Å². The van der Waals surface area contributed by atoms with Crippen molar-refractivity contribution >= 4 is 46.6 Å². The second-order valence-electron chi connectivity index (χ2n) is 10.2. The van der Waals surface area contributed by atoms with Crippen molar-refractivity contribution in [2.24, 2.45) is 11.3 Å². The van der Waals surface area contributed by atoms with Gasteiger partial charge in [-0.2, -0.15) is 13.2 Å². The molecule has 0 radical (unpaired) electrons. The van der Waals surface area contributed by atoms with E-state index >= 15 is 0 Å². The minimum Gasteiger partial charge on any atom is -0.487 e. The van der Waals surface area contributed by atoms with Crippen molar-refractivity contribution in [1.82, 2.24) is 10.6 Å². The highest BCUT2D eigenvalue weighted by Gasteiger charge is 2.52. The zero-order valence-corrected chi connectivity index (χ0v) is 23.7. The van der Waals surface area contributed by atoms with Crippen LogP contribution in [0.15, 0.2) is 30.3 Å². The number of amides is 3. The fraction of sp³-hybridized carbons (Fsp3) is 0.444. The lowest BCUT2D eigenvalue weighted by atomic mass is 9.91. The van der Waals surface area contributed by atoms with Crippen molar-refractivity contribution in [3.8, 4) is 5.75 Å². The quantitative estimate of drug-likeness (QED) is 0.245. The molecule has 41 heavy (non-hydrogen) atoms. The van der Waals surface area contributed by atoms with E-state index in [2.05, 4.69) is 16.0 Å². The summed E-state index contributed by atoms with van der Waals surface area (Å²) in [4.78, 5) is 38.2. The lowest BCUT2D eigenvalue weighted by Gasteiger charge is -2.26. The van der Waals surface area contributed by atoms with Crippen molar-refractivity contribution < 1.29 is 41.1 Å². The molecule has 1 aliphatic rings. The van der Waals surface area contributed by atoms with E-state index < -0.39 is 48.9 Å². The van der Waals surface area contributed by atoms with Crippen LogP contribution in [0.1, 0.15) is 59.9 Å². The number of hydrogen-bond acceptors (Lipinski definition) is 4. The molecule has 3 N–H and O–H groups in total. The summed E-state index contributed by atoms with van der Waals surface area (Å²) in [7, 11) is 0. The molecule has 7 nitrogen and oxygen atoms in total. The van der Waals surface area contributed by atoms with E-state index in [1.165, 1.54) is 30.3 Å². The number of carbonyl (C=O) groups is 3. The molecule has 1 saturated carbocycles. The zero-order valence-electron chi connectivity index (χ0n) is 22.2. The van der Waals surface area contributed by atoms with Crippen LogP contribution in [0.2, 0.25) is 10.0 Å². The maximum atomic E-state index is 13.2. The fourth-order valence-electron chi connectivity index (χ4n) is 3.72. The summed E-state index contributed by atoms with van der Waals surface area (Å²) in [6, 6.07) is 6.31. The summed E-state index contributed by atoms with van der Waals surface area (Å²) >= 11 is 12.6. The Balaban J connectivity index is 1.82. The minimum absolute atomic E-state index is 0.0846. The molecule has 2 aromatic rings. The molecule has 1 atom stereocenters. The van der Waals surface area contributed by atoms with E-state index in [4.69, 9.17) is 27.9 Å². The molecule has 2 aromatic carbocycles. The summed E-state index contributed by atoms with van der Waals surface area (Å²) in [6.45, 7) is 1.92. The Morgan fingerprint density at radius 2 is 1.71 bits per heavy atom. The molecule has 0 aliphatic heterocycles. The maximum absolute atomic E-state index is 13.2. The Labute approximate surface area is 243 Å². The molecular weight excluding hydrogens is 596 g/mol. The minimum atomic E-state index is -4.79. The van der Waals surface area contributed by atoms with Gasteiger partial charge in [0.1, 0.15) is 17.8 Å². The summed E-state index contributed by atoms with van der Waals surface area (Å²) in [5, 5.41) is 7.18. The first-order valence-electron chi connectivity index (χ1n) is 12.5. The van der Waals surface area contributed by atoms with Gasteiger partial charge in [0.05, 0.1) is 21.2 Å². The van der Waals surface area contributed by atoms with Crippen LogP contribution in [-0.4, -0.2) is 43.0 Å². The zero-order chi connectivity index (χ0) is 30.7. The average Bonchev–Trinajstić information content (AvgIpc) is 3.72. The summed E-state index contributed by atoms with van der Waals surface area (Å²) in [5.41, 5.74) is -2.78. The summed E-state index contributed by atoms with van der Waals surface area (Å²) in [5.74, 6) is -2.51. The first kappa shape index (κ1) is 32.4. The molecule has 3 rings (SSSR count). The number of carbonyl (C=O) groups excluding carboxylic acids is 3. The number of hydrogen-bond donors (Lipinski definition) is 3. The van der Waals surface area contributed by atoms with E-state index in [0.29, 0.717) is 5.92 Å². The monoisotopic (exact) mass is 623 g/mol. The first-order valence-corrected chi connectivity index (χ1v) is 13.3. The Bertz CT molecular complexity index is 1320. The van der Waals surface area contributed by atoms with Crippen LogP contribution < -0.4 is 20.7 Å². The SMILES string of the molecule is CC(NC(=O)c1cc(NC(=O)c2c(Cl)ccc(CNC(=O)C(C)(C)C(F)(F)F)c2Cl)ccc1OCC(F)F)C1CC1. The normalized spacial score (nSPS) is 14.4.